The van der Waals surface area contributed by atoms with Gasteiger partial charge in [-0.15, -0.1) is 11.3 Å². The van der Waals surface area contributed by atoms with Crippen molar-refractivity contribution >= 4 is 22.9 Å². The number of hydrogen-bond donors (Lipinski definition) is 1. The maximum Gasteiger partial charge on any atom is 0.0982 e. The topological polar surface area (TPSA) is 24.9 Å². The lowest BCUT2D eigenvalue weighted by Crippen LogP contribution is -2.18. The number of nitrogens with one attached hydrogen (secondary N) is 1. The zero-order valence-electron chi connectivity index (χ0n) is 12.4. The molecule has 1 aromatic heterocycles. The number of halogens is 1. The predicted molar refractivity (Wildman–Crippen MR) is 87.5 cm³/mol. The van der Waals surface area contributed by atoms with Crippen LogP contribution in [0.2, 0.25) is 5.02 Å². The fraction of sp³-hybridized carbons (Fsp3) is 0.438. The van der Waals surface area contributed by atoms with Crippen molar-refractivity contribution in [2.75, 3.05) is 0 Å². The standard InChI is InChI=1S/C16H21ClN2S/c1-11(12-6-5-7-13(17)8-12)18-9-14-10-20-15(19-14)16(2,3)4/h5-8,10-11,18H,9H2,1-4H3. The molecule has 0 radical (unpaired) electrons. The Bertz CT molecular complexity index is 572. The summed E-state index contributed by atoms with van der Waals surface area (Å²) in [5, 5.41) is 7.59. The van der Waals surface area contributed by atoms with Crippen molar-refractivity contribution in [3.05, 3.63) is 50.9 Å². The molecule has 20 heavy (non-hydrogen) atoms. The molecule has 0 aliphatic heterocycles. The van der Waals surface area contributed by atoms with Crippen LogP contribution >= 0.6 is 22.9 Å². The summed E-state index contributed by atoms with van der Waals surface area (Å²) in [7, 11) is 0. The Labute approximate surface area is 130 Å². The van der Waals surface area contributed by atoms with Crippen LogP contribution in [-0.2, 0) is 12.0 Å². The molecule has 2 rings (SSSR count). The monoisotopic (exact) mass is 308 g/mol. The van der Waals surface area contributed by atoms with Gasteiger partial charge in [-0.3, -0.25) is 0 Å². The molecule has 0 amide bonds. The normalized spacial score (nSPS) is 13.4. The maximum absolute atomic E-state index is 6.02. The Kier molecular flexibility index (Phi) is 4.84. The second-order valence-corrected chi connectivity index (χ2v) is 7.35. The van der Waals surface area contributed by atoms with Crippen molar-refractivity contribution in [3.8, 4) is 0 Å². The van der Waals surface area contributed by atoms with Gasteiger partial charge in [-0.05, 0) is 24.6 Å². The largest absolute Gasteiger partial charge is 0.305 e. The zero-order valence-corrected chi connectivity index (χ0v) is 14.0. The molecule has 2 nitrogen and oxygen atoms in total. The summed E-state index contributed by atoms with van der Waals surface area (Å²) in [5.41, 5.74) is 2.43. The van der Waals surface area contributed by atoms with Gasteiger partial charge in [-0.1, -0.05) is 44.5 Å². The Morgan fingerprint density at radius 1 is 1.35 bits per heavy atom. The van der Waals surface area contributed by atoms with Gasteiger partial charge in [0, 0.05) is 28.4 Å². The molecule has 1 unspecified atom stereocenters. The summed E-state index contributed by atoms with van der Waals surface area (Å²) in [5.74, 6) is 0. The SMILES string of the molecule is CC(NCc1csc(C(C)(C)C)n1)c1cccc(Cl)c1. The molecule has 1 aromatic carbocycles. The van der Waals surface area contributed by atoms with Crippen LogP contribution in [-0.4, -0.2) is 4.98 Å². The molecular formula is C16H21ClN2S. The lowest BCUT2D eigenvalue weighted by atomic mass is 9.98. The van der Waals surface area contributed by atoms with Gasteiger partial charge in [0.05, 0.1) is 10.7 Å². The zero-order chi connectivity index (χ0) is 14.8. The van der Waals surface area contributed by atoms with E-state index in [9.17, 15) is 0 Å². The molecule has 1 heterocycles. The third-order valence-electron chi connectivity index (χ3n) is 3.13. The average Bonchev–Trinajstić information content (AvgIpc) is 2.84. The van der Waals surface area contributed by atoms with Gasteiger partial charge in [0.25, 0.3) is 0 Å². The number of thiazole rings is 1. The molecule has 4 heteroatoms. The lowest BCUT2D eigenvalue weighted by Gasteiger charge is -2.15. The Balaban J connectivity index is 1.97. The second kappa shape index (κ2) is 6.25. The molecular weight excluding hydrogens is 288 g/mol. The van der Waals surface area contributed by atoms with Gasteiger partial charge in [0.2, 0.25) is 0 Å². The van der Waals surface area contributed by atoms with Crippen LogP contribution in [0.4, 0.5) is 0 Å². The first kappa shape index (κ1) is 15.5. The Morgan fingerprint density at radius 2 is 2.10 bits per heavy atom. The first-order valence-corrected chi connectivity index (χ1v) is 8.06. The highest BCUT2D eigenvalue weighted by Gasteiger charge is 2.18. The summed E-state index contributed by atoms with van der Waals surface area (Å²) < 4.78 is 0. The minimum atomic E-state index is 0.126. The average molecular weight is 309 g/mol. The van der Waals surface area contributed by atoms with E-state index in [0.717, 1.165) is 17.3 Å². The van der Waals surface area contributed by atoms with Crippen LogP contribution in [0, 0.1) is 0 Å². The molecule has 0 aliphatic carbocycles. The summed E-state index contributed by atoms with van der Waals surface area (Å²) >= 11 is 7.76. The van der Waals surface area contributed by atoms with Crippen LogP contribution < -0.4 is 5.32 Å². The number of aromatic nitrogens is 1. The number of rotatable bonds is 4. The third-order valence-corrected chi connectivity index (χ3v) is 4.68. The smallest absolute Gasteiger partial charge is 0.0982 e. The molecule has 0 aliphatic rings. The number of benzene rings is 1. The van der Waals surface area contributed by atoms with E-state index < -0.39 is 0 Å². The Morgan fingerprint density at radius 3 is 2.70 bits per heavy atom. The van der Waals surface area contributed by atoms with Crippen molar-refractivity contribution in [2.45, 2.75) is 45.7 Å². The minimum Gasteiger partial charge on any atom is -0.305 e. The van der Waals surface area contributed by atoms with E-state index in [0.29, 0.717) is 0 Å². The molecule has 0 saturated heterocycles. The van der Waals surface area contributed by atoms with Crippen LogP contribution in [0.1, 0.15) is 50.0 Å². The summed E-state index contributed by atoms with van der Waals surface area (Å²) in [6.45, 7) is 9.50. The van der Waals surface area contributed by atoms with Gasteiger partial charge >= 0.3 is 0 Å². The van der Waals surface area contributed by atoms with Gasteiger partial charge < -0.3 is 5.32 Å². The van der Waals surface area contributed by atoms with Crippen LogP contribution in [0.3, 0.4) is 0 Å². The highest BCUT2D eigenvalue weighted by Crippen LogP contribution is 2.26. The summed E-state index contributed by atoms with van der Waals surface area (Å²) in [4.78, 5) is 4.69. The van der Waals surface area contributed by atoms with Crippen molar-refractivity contribution in [3.63, 3.8) is 0 Å². The van der Waals surface area contributed by atoms with Gasteiger partial charge in [-0.2, -0.15) is 0 Å². The fourth-order valence-electron chi connectivity index (χ4n) is 1.88. The van der Waals surface area contributed by atoms with E-state index in [1.165, 1.54) is 10.6 Å². The predicted octanol–water partition coefficient (Wildman–Crippen LogP) is 4.94. The van der Waals surface area contributed by atoms with E-state index >= 15 is 0 Å². The van der Waals surface area contributed by atoms with Gasteiger partial charge in [0.15, 0.2) is 0 Å². The first-order chi connectivity index (χ1) is 9.36. The third kappa shape index (κ3) is 4.05. The lowest BCUT2D eigenvalue weighted by molar-refractivity contribution is 0.556. The molecule has 0 bridgehead atoms. The number of hydrogen-bond acceptors (Lipinski definition) is 3. The van der Waals surface area contributed by atoms with E-state index in [-0.39, 0.29) is 11.5 Å². The molecule has 2 aromatic rings. The molecule has 0 spiro atoms. The summed E-state index contributed by atoms with van der Waals surface area (Å²) in [6.07, 6.45) is 0. The maximum atomic E-state index is 6.02. The minimum absolute atomic E-state index is 0.126. The van der Waals surface area contributed by atoms with Crippen LogP contribution in [0.25, 0.3) is 0 Å². The molecule has 1 N–H and O–H groups in total. The Hall–Kier alpha value is -0.900. The van der Waals surface area contributed by atoms with E-state index in [2.05, 4.69) is 44.5 Å². The van der Waals surface area contributed by atoms with Gasteiger partial charge in [-0.25, -0.2) is 4.98 Å². The van der Waals surface area contributed by atoms with Crippen LogP contribution in [0.5, 0.6) is 0 Å². The molecule has 0 fully saturated rings. The van der Waals surface area contributed by atoms with E-state index in [1.54, 1.807) is 11.3 Å². The highest BCUT2D eigenvalue weighted by molar-refractivity contribution is 7.09. The van der Waals surface area contributed by atoms with Gasteiger partial charge in [0.1, 0.15) is 0 Å². The van der Waals surface area contributed by atoms with Crippen molar-refractivity contribution in [2.24, 2.45) is 0 Å². The highest BCUT2D eigenvalue weighted by atomic mass is 35.5. The second-order valence-electron chi connectivity index (χ2n) is 6.05. The van der Waals surface area contributed by atoms with Crippen LogP contribution in [0.15, 0.2) is 29.6 Å². The molecule has 0 saturated carbocycles. The number of nitrogens with zero attached hydrogens (tertiary/aromatic N) is 1. The summed E-state index contributed by atoms with van der Waals surface area (Å²) in [6, 6.07) is 8.23. The van der Waals surface area contributed by atoms with E-state index in [1.807, 2.05) is 18.2 Å². The van der Waals surface area contributed by atoms with Crippen molar-refractivity contribution in [1.82, 2.24) is 10.3 Å². The van der Waals surface area contributed by atoms with Crippen molar-refractivity contribution < 1.29 is 0 Å². The van der Waals surface area contributed by atoms with Crippen molar-refractivity contribution in [1.29, 1.82) is 0 Å². The molecule has 108 valence electrons. The van der Waals surface area contributed by atoms with E-state index in [4.69, 9.17) is 16.6 Å². The fourth-order valence-corrected chi connectivity index (χ4v) is 2.99. The molecule has 1 atom stereocenters. The quantitative estimate of drug-likeness (QED) is 0.865. The first-order valence-electron chi connectivity index (χ1n) is 6.80.